The van der Waals surface area contributed by atoms with Crippen molar-refractivity contribution in [3.8, 4) is 0 Å². The molecule has 102 valence electrons. The van der Waals surface area contributed by atoms with Crippen molar-refractivity contribution in [1.82, 2.24) is 9.03 Å². The maximum atomic E-state index is 12.1. The van der Waals surface area contributed by atoms with Crippen molar-refractivity contribution in [2.24, 2.45) is 11.7 Å². The van der Waals surface area contributed by atoms with Crippen LogP contribution < -0.4 is 10.5 Å². The van der Waals surface area contributed by atoms with Gasteiger partial charge in [0.1, 0.15) is 0 Å². The van der Waals surface area contributed by atoms with Crippen LogP contribution in [0.1, 0.15) is 34.6 Å². The highest BCUT2D eigenvalue weighted by molar-refractivity contribution is 7.87. The molecule has 1 unspecified atom stereocenters. The largest absolute Gasteiger partial charge is 0.393 e. The molecule has 0 aliphatic carbocycles. The van der Waals surface area contributed by atoms with Gasteiger partial charge in [0.05, 0.1) is 4.99 Å². The Morgan fingerprint density at radius 1 is 1.47 bits per heavy atom. The van der Waals surface area contributed by atoms with Gasteiger partial charge in [0, 0.05) is 24.5 Å². The van der Waals surface area contributed by atoms with E-state index in [1.54, 1.807) is 27.7 Å². The Bertz CT molecular complexity index is 360. The fourth-order valence-electron chi connectivity index (χ4n) is 1.24. The van der Waals surface area contributed by atoms with Crippen molar-refractivity contribution < 1.29 is 8.42 Å². The molecule has 0 aliphatic heterocycles. The van der Waals surface area contributed by atoms with Crippen LogP contribution in [-0.2, 0) is 10.2 Å². The lowest BCUT2D eigenvalue weighted by Gasteiger charge is -2.28. The van der Waals surface area contributed by atoms with Crippen LogP contribution in [0.5, 0.6) is 0 Å². The van der Waals surface area contributed by atoms with Gasteiger partial charge in [-0.3, -0.25) is 0 Å². The smallest absolute Gasteiger partial charge is 0.279 e. The number of hydrogen-bond acceptors (Lipinski definition) is 3. The summed E-state index contributed by atoms with van der Waals surface area (Å²) >= 11 is 4.85. The maximum Gasteiger partial charge on any atom is 0.279 e. The molecular weight excluding hydrogens is 258 g/mol. The summed E-state index contributed by atoms with van der Waals surface area (Å²) in [5.41, 5.74) is 5.00. The lowest BCUT2D eigenvalue weighted by atomic mass is 10.1. The number of nitrogens with one attached hydrogen (secondary N) is 1. The van der Waals surface area contributed by atoms with Crippen LogP contribution in [0.2, 0.25) is 0 Å². The van der Waals surface area contributed by atoms with E-state index in [0.29, 0.717) is 18.1 Å². The van der Waals surface area contributed by atoms with E-state index in [2.05, 4.69) is 4.72 Å². The van der Waals surface area contributed by atoms with Crippen molar-refractivity contribution in [2.75, 3.05) is 13.1 Å². The number of nitrogens with two attached hydrogens (primary N) is 1. The predicted molar refractivity (Wildman–Crippen MR) is 75.0 cm³/mol. The molecule has 0 amide bonds. The zero-order valence-electron chi connectivity index (χ0n) is 11.1. The molecule has 0 aliphatic rings. The van der Waals surface area contributed by atoms with Crippen molar-refractivity contribution in [3.05, 3.63) is 0 Å². The number of thiocarbonyl (C=S) groups is 1. The zero-order valence-corrected chi connectivity index (χ0v) is 12.8. The molecule has 0 heterocycles. The van der Waals surface area contributed by atoms with Gasteiger partial charge in [-0.1, -0.05) is 26.1 Å². The molecule has 0 aromatic carbocycles. The first-order valence-electron chi connectivity index (χ1n) is 5.58. The van der Waals surface area contributed by atoms with E-state index in [1.807, 2.05) is 6.92 Å². The Morgan fingerprint density at radius 2 is 1.94 bits per heavy atom. The fraction of sp³-hybridized carbons (Fsp3) is 0.900. The minimum atomic E-state index is -3.49. The molecule has 0 saturated carbocycles. The van der Waals surface area contributed by atoms with E-state index in [4.69, 9.17) is 18.0 Å². The first-order chi connectivity index (χ1) is 7.49. The second kappa shape index (κ2) is 6.08. The molecule has 0 rings (SSSR count). The highest BCUT2D eigenvalue weighted by Gasteiger charge is 2.27. The topological polar surface area (TPSA) is 75.4 Å². The fourth-order valence-corrected chi connectivity index (χ4v) is 2.98. The van der Waals surface area contributed by atoms with Crippen LogP contribution in [0.15, 0.2) is 0 Å². The molecule has 0 fully saturated rings. The van der Waals surface area contributed by atoms with E-state index >= 15 is 0 Å². The van der Waals surface area contributed by atoms with Crippen molar-refractivity contribution >= 4 is 27.4 Å². The SMILES string of the molecule is CCN(CC(C)C(N)=S)S(=O)(=O)NC(C)(C)C. The van der Waals surface area contributed by atoms with Crippen LogP contribution in [0.4, 0.5) is 0 Å². The Balaban J connectivity index is 4.82. The average molecular weight is 281 g/mol. The quantitative estimate of drug-likeness (QED) is 0.708. The number of hydrogen-bond donors (Lipinski definition) is 2. The van der Waals surface area contributed by atoms with Gasteiger partial charge >= 0.3 is 0 Å². The summed E-state index contributed by atoms with van der Waals surface area (Å²) in [7, 11) is -3.49. The molecule has 1 atom stereocenters. The summed E-state index contributed by atoms with van der Waals surface area (Å²) in [5.74, 6) is -0.138. The molecule has 3 N–H and O–H groups in total. The monoisotopic (exact) mass is 281 g/mol. The van der Waals surface area contributed by atoms with Gasteiger partial charge in [-0.25, -0.2) is 0 Å². The Kier molecular flexibility index (Phi) is 6.00. The average Bonchev–Trinajstić information content (AvgIpc) is 2.08. The standard InChI is InChI=1S/C10H23N3O2S2/c1-6-13(7-8(2)9(11)16)17(14,15)12-10(3,4)5/h8,12H,6-7H2,1-5H3,(H2,11,16). The first kappa shape index (κ1) is 16.8. The molecule has 0 saturated heterocycles. The number of nitrogens with zero attached hydrogens (tertiary/aromatic N) is 1. The number of rotatable bonds is 6. The molecule has 0 radical (unpaired) electrons. The Hall–Kier alpha value is -0.240. The third kappa shape index (κ3) is 6.30. The molecule has 0 aromatic rings. The summed E-state index contributed by atoms with van der Waals surface area (Å²) < 4.78 is 28.1. The van der Waals surface area contributed by atoms with Gasteiger partial charge in [0.25, 0.3) is 10.2 Å². The summed E-state index contributed by atoms with van der Waals surface area (Å²) in [5, 5.41) is 0. The van der Waals surface area contributed by atoms with E-state index in [-0.39, 0.29) is 5.92 Å². The summed E-state index contributed by atoms with van der Waals surface area (Å²) in [6.45, 7) is 9.70. The van der Waals surface area contributed by atoms with Crippen LogP contribution >= 0.6 is 12.2 Å². The summed E-state index contributed by atoms with van der Waals surface area (Å²) in [6, 6.07) is 0. The molecule has 17 heavy (non-hydrogen) atoms. The highest BCUT2D eigenvalue weighted by Crippen LogP contribution is 2.09. The molecular formula is C10H23N3O2S2. The van der Waals surface area contributed by atoms with Gasteiger partial charge in [-0.15, -0.1) is 0 Å². The second-order valence-corrected chi connectivity index (χ2v) is 7.25. The van der Waals surface area contributed by atoms with Gasteiger partial charge < -0.3 is 5.73 Å². The van der Waals surface area contributed by atoms with Gasteiger partial charge in [0.15, 0.2) is 0 Å². The Morgan fingerprint density at radius 3 is 2.24 bits per heavy atom. The molecule has 5 nitrogen and oxygen atoms in total. The van der Waals surface area contributed by atoms with Crippen molar-refractivity contribution in [3.63, 3.8) is 0 Å². The maximum absolute atomic E-state index is 12.1. The predicted octanol–water partition coefficient (Wildman–Crippen LogP) is 0.863. The zero-order chi connectivity index (χ0) is 13.9. The Labute approximate surface area is 110 Å². The summed E-state index contributed by atoms with van der Waals surface area (Å²) in [4.78, 5) is 0.328. The van der Waals surface area contributed by atoms with E-state index in [9.17, 15) is 8.42 Å². The normalized spacial score (nSPS) is 14.9. The lowest BCUT2D eigenvalue weighted by molar-refractivity contribution is 0.380. The van der Waals surface area contributed by atoms with Crippen LogP contribution in [0, 0.1) is 5.92 Å². The van der Waals surface area contributed by atoms with Crippen LogP contribution in [0.25, 0.3) is 0 Å². The molecule has 0 bridgehead atoms. The van der Waals surface area contributed by atoms with Crippen molar-refractivity contribution in [2.45, 2.75) is 40.2 Å². The van der Waals surface area contributed by atoms with Crippen LogP contribution in [0.3, 0.4) is 0 Å². The van der Waals surface area contributed by atoms with Gasteiger partial charge in [-0.05, 0) is 20.8 Å². The van der Waals surface area contributed by atoms with E-state index in [1.165, 1.54) is 4.31 Å². The van der Waals surface area contributed by atoms with Gasteiger partial charge in [-0.2, -0.15) is 17.4 Å². The molecule has 0 spiro atoms. The minimum absolute atomic E-state index is 0.138. The molecule has 0 aromatic heterocycles. The molecule has 7 heteroatoms. The van der Waals surface area contributed by atoms with Crippen molar-refractivity contribution in [1.29, 1.82) is 0 Å². The van der Waals surface area contributed by atoms with Crippen LogP contribution in [-0.4, -0.2) is 36.3 Å². The first-order valence-corrected chi connectivity index (χ1v) is 7.42. The highest BCUT2D eigenvalue weighted by atomic mass is 32.2. The van der Waals surface area contributed by atoms with E-state index < -0.39 is 15.7 Å². The second-order valence-electron chi connectivity index (χ2n) is 5.11. The van der Waals surface area contributed by atoms with E-state index in [0.717, 1.165) is 0 Å². The summed E-state index contributed by atoms with van der Waals surface area (Å²) in [6.07, 6.45) is 0. The minimum Gasteiger partial charge on any atom is -0.393 e. The van der Waals surface area contributed by atoms with Gasteiger partial charge in [0.2, 0.25) is 0 Å². The third-order valence-corrected chi connectivity index (χ3v) is 4.45. The third-order valence-electron chi connectivity index (χ3n) is 2.09. The lowest BCUT2D eigenvalue weighted by Crippen LogP contribution is -2.50.